The minimum Gasteiger partial charge on any atom is -0.481 e. The third kappa shape index (κ3) is 8.39. The fourth-order valence-electron chi connectivity index (χ4n) is 1.45. The fourth-order valence-corrected chi connectivity index (χ4v) is 1.45. The second-order valence-corrected chi connectivity index (χ2v) is 4.87. The van der Waals surface area contributed by atoms with Crippen molar-refractivity contribution in [3.05, 3.63) is 0 Å². The molecule has 0 saturated carbocycles. The van der Waals surface area contributed by atoms with Crippen molar-refractivity contribution >= 4 is 5.97 Å². The summed E-state index contributed by atoms with van der Waals surface area (Å²) in [5.74, 6) is -0.762. The van der Waals surface area contributed by atoms with E-state index in [0.29, 0.717) is 25.6 Å². The fraction of sp³-hybridized carbons (Fsp3) is 0.909. The molecule has 0 rings (SSSR count). The first kappa shape index (κ1) is 14.4. The van der Waals surface area contributed by atoms with Gasteiger partial charge in [0.05, 0.1) is 5.60 Å². The van der Waals surface area contributed by atoms with Crippen molar-refractivity contribution < 1.29 is 15.0 Å². The van der Waals surface area contributed by atoms with E-state index in [9.17, 15) is 9.90 Å². The van der Waals surface area contributed by atoms with Crippen molar-refractivity contribution in [2.75, 3.05) is 13.1 Å². The Morgan fingerprint density at radius 1 is 1.40 bits per heavy atom. The predicted octanol–water partition coefficient (Wildman–Crippen LogP) is 1.33. The van der Waals surface area contributed by atoms with E-state index in [1.807, 2.05) is 13.8 Å². The first-order chi connectivity index (χ1) is 6.72. The van der Waals surface area contributed by atoms with Crippen LogP contribution in [0.15, 0.2) is 0 Å². The zero-order valence-electron chi connectivity index (χ0n) is 10.2. The summed E-state index contributed by atoms with van der Waals surface area (Å²) < 4.78 is 0. The molecule has 0 aliphatic heterocycles. The molecule has 4 heteroatoms. The lowest BCUT2D eigenvalue weighted by Gasteiger charge is -2.32. The molecule has 0 aromatic carbocycles. The van der Waals surface area contributed by atoms with Crippen LogP contribution in [0.25, 0.3) is 0 Å². The van der Waals surface area contributed by atoms with Crippen molar-refractivity contribution in [2.24, 2.45) is 0 Å². The van der Waals surface area contributed by atoms with Gasteiger partial charge in [-0.3, -0.25) is 9.69 Å². The van der Waals surface area contributed by atoms with E-state index in [1.54, 1.807) is 13.8 Å². The van der Waals surface area contributed by atoms with Crippen LogP contribution >= 0.6 is 0 Å². The van der Waals surface area contributed by atoms with Crippen LogP contribution < -0.4 is 0 Å². The van der Waals surface area contributed by atoms with Crippen LogP contribution in [-0.4, -0.2) is 45.8 Å². The molecule has 0 amide bonds. The normalized spacial score (nSPS) is 12.5. The van der Waals surface area contributed by atoms with Gasteiger partial charge in [-0.25, -0.2) is 0 Å². The molecule has 4 nitrogen and oxygen atoms in total. The van der Waals surface area contributed by atoms with Gasteiger partial charge in [-0.15, -0.1) is 0 Å². The molecule has 0 atom stereocenters. The number of aliphatic hydroxyl groups is 1. The molecule has 0 spiro atoms. The van der Waals surface area contributed by atoms with Gasteiger partial charge in [-0.05, 0) is 40.7 Å². The molecule has 0 fully saturated rings. The highest BCUT2D eigenvalue weighted by atomic mass is 16.4. The van der Waals surface area contributed by atoms with E-state index in [1.165, 1.54) is 0 Å². The number of carbonyl (C=O) groups is 1. The molecule has 90 valence electrons. The quantitative estimate of drug-likeness (QED) is 0.675. The average Bonchev–Trinajstić information content (AvgIpc) is 1.99. The summed E-state index contributed by atoms with van der Waals surface area (Å²) in [5.41, 5.74) is -0.729. The lowest BCUT2D eigenvalue weighted by Crippen LogP contribution is -2.42. The zero-order chi connectivity index (χ0) is 12.1. The Kier molecular flexibility index (Phi) is 5.83. The minimum atomic E-state index is -0.762. The summed E-state index contributed by atoms with van der Waals surface area (Å²) in [4.78, 5) is 12.5. The van der Waals surface area contributed by atoms with E-state index >= 15 is 0 Å². The van der Waals surface area contributed by atoms with Crippen LogP contribution in [0.4, 0.5) is 0 Å². The van der Waals surface area contributed by atoms with Crippen LogP contribution in [0, 0.1) is 0 Å². The molecule has 2 N–H and O–H groups in total. The van der Waals surface area contributed by atoms with Gasteiger partial charge in [0.1, 0.15) is 0 Å². The van der Waals surface area contributed by atoms with Crippen molar-refractivity contribution in [3.8, 4) is 0 Å². The molecule has 0 aliphatic rings. The highest BCUT2D eigenvalue weighted by Crippen LogP contribution is 2.09. The van der Waals surface area contributed by atoms with Gasteiger partial charge in [0.2, 0.25) is 0 Å². The molecule has 0 heterocycles. The Morgan fingerprint density at radius 2 is 1.93 bits per heavy atom. The maximum atomic E-state index is 10.4. The molecule has 0 aliphatic carbocycles. The molecule has 0 radical (unpaired) electrons. The third-order valence-corrected chi connectivity index (χ3v) is 2.16. The SMILES string of the molecule is CC(C)N(CCCC(=O)O)CC(C)(C)O. The van der Waals surface area contributed by atoms with Gasteiger partial charge in [0, 0.05) is 19.0 Å². The van der Waals surface area contributed by atoms with Crippen LogP contribution in [-0.2, 0) is 4.79 Å². The number of aliphatic carboxylic acids is 1. The van der Waals surface area contributed by atoms with Crippen molar-refractivity contribution in [1.29, 1.82) is 0 Å². The standard InChI is InChI=1S/C11H23NO3/c1-9(2)12(8-11(3,4)15)7-5-6-10(13)14/h9,15H,5-8H2,1-4H3,(H,13,14). The number of hydrogen-bond donors (Lipinski definition) is 2. The number of carboxylic acids is 1. The molecular weight excluding hydrogens is 194 g/mol. The monoisotopic (exact) mass is 217 g/mol. The molecule has 0 aromatic heterocycles. The summed E-state index contributed by atoms with van der Waals surface area (Å²) in [7, 11) is 0. The molecular formula is C11H23NO3. The summed E-state index contributed by atoms with van der Waals surface area (Å²) >= 11 is 0. The predicted molar refractivity (Wildman–Crippen MR) is 59.9 cm³/mol. The zero-order valence-corrected chi connectivity index (χ0v) is 10.2. The lowest BCUT2D eigenvalue weighted by atomic mass is 10.1. The van der Waals surface area contributed by atoms with E-state index in [2.05, 4.69) is 4.90 Å². The Balaban J connectivity index is 4.00. The summed E-state index contributed by atoms with van der Waals surface area (Å²) in [6.07, 6.45) is 0.818. The van der Waals surface area contributed by atoms with Crippen LogP contribution in [0.2, 0.25) is 0 Å². The molecule has 0 unspecified atom stereocenters. The van der Waals surface area contributed by atoms with E-state index in [-0.39, 0.29) is 6.42 Å². The Bertz CT molecular complexity index is 196. The van der Waals surface area contributed by atoms with Gasteiger partial charge in [0.15, 0.2) is 0 Å². The molecule has 0 saturated heterocycles. The average molecular weight is 217 g/mol. The maximum Gasteiger partial charge on any atom is 0.303 e. The van der Waals surface area contributed by atoms with Crippen molar-refractivity contribution in [2.45, 2.75) is 52.2 Å². The van der Waals surface area contributed by atoms with Crippen molar-refractivity contribution in [1.82, 2.24) is 4.90 Å². The molecule has 0 aromatic rings. The Labute approximate surface area is 91.9 Å². The van der Waals surface area contributed by atoms with Gasteiger partial charge in [0.25, 0.3) is 0 Å². The highest BCUT2D eigenvalue weighted by Gasteiger charge is 2.20. The van der Waals surface area contributed by atoms with E-state index in [0.717, 1.165) is 0 Å². The summed E-state index contributed by atoms with van der Waals surface area (Å²) in [5, 5.41) is 18.2. The summed E-state index contributed by atoms with van der Waals surface area (Å²) in [6, 6.07) is 0.324. The Morgan fingerprint density at radius 3 is 2.27 bits per heavy atom. The number of nitrogens with zero attached hydrogens (tertiary/aromatic N) is 1. The van der Waals surface area contributed by atoms with Gasteiger partial charge in [-0.1, -0.05) is 0 Å². The number of rotatable bonds is 7. The third-order valence-electron chi connectivity index (χ3n) is 2.16. The van der Waals surface area contributed by atoms with Gasteiger partial charge >= 0.3 is 5.97 Å². The maximum absolute atomic E-state index is 10.4. The minimum absolute atomic E-state index is 0.190. The smallest absolute Gasteiger partial charge is 0.303 e. The lowest BCUT2D eigenvalue weighted by molar-refractivity contribution is -0.137. The van der Waals surface area contributed by atoms with Crippen molar-refractivity contribution in [3.63, 3.8) is 0 Å². The molecule has 15 heavy (non-hydrogen) atoms. The van der Waals surface area contributed by atoms with E-state index in [4.69, 9.17) is 5.11 Å². The van der Waals surface area contributed by atoms with Gasteiger partial charge < -0.3 is 10.2 Å². The number of hydrogen-bond acceptors (Lipinski definition) is 3. The largest absolute Gasteiger partial charge is 0.481 e. The Hall–Kier alpha value is -0.610. The van der Waals surface area contributed by atoms with E-state index < -0.39 is 11.6 Å². The highest BCUT2D eigenvalue weighted by molar-refractivity contribution is 5.66. The van der Waals surface area contributed by atoms with Gasteiger partial charge in [-0.2, -0.15) is 0 Å². The second-order valence-electron chi connectivity index (χ2n) is 4.87. The van der Waals surface area contributed by atoms with Crippen LogP contribution in [0.3, 0.4) is 0 Å². The second kappa shape index (κ2) is 6.08. The summed E-state index contributed by atoms with van der Waals surface area (Å²) in [6.45, 7) is 8.91. The molecule has 0 bridgehead atoms. The first-order valence-corrected chi connectivity index (χ1v) is 5.40. The first-order valence-electron chi connectivity index (χ1n) is 5.40. The van der Waals surface area contributed by atoms with Crippen LogP contribution in [0.5, 0.6) is 0 Å². The topological polar surface area (TPSA) is 60.8 Å². The van der Waals surface area contributed by atoms with Crippen LogP contribution in [0.1, 0.15) is 40.5 Å². The number of carboxylic acid groups (broad SMARTS) is 1.